The number of nitrogens with zero attached hydrogens (tertiary/aromatic N) is 7. The third-order valence-corrected chi connectivity index (χ3v) is 12.1. The zero-order valence-electron chi connectivity index (χ0n) is 22.6. The Morgan fingerprint density at radius 2 is 1.80 bits per heavy atom. The van der Waals surface area contributed by atoms with Crippen molar-refractivity contribution in [2.45, 2.75) is 48.3 Å². The van der Waals surface area contributed by atoms with Gasteiger partial charge in [-0.3, -0.25) is 4.90 Å². The van der Waals surface area contributed by atoms with Crippen LogP contribution < -0.4 is 25.6 Å². The van der Waals surface area contributed by atoms with E-state index >= 15 is 0 Å². The largest absolute Gasteiger partial charge is 0.463 e. The van der Waals surface area contributed by atoms with E-state index < -0.39 is 0 Å². The summed E-state index contributed by atoms with van der Waals surface area (Å²) in [5.41, 5.74) is 8.18. The van der Waals surface area contributed by atoms with E-state index in [-0.39, 0.29) is 10.2 Å². The highest BCUT2D eigenvalue weighted by molar-refractivity contribution is 8.00. The van der Waals surface area contributed by atoms with Crippen molar-refractivity contribution in [2.75, 3.05) is 81.2 Å². The number of nitriles is 1. The summed E-state index contributed by atoms with van der Waals surface area (Å²) in [6, 6.07) is 3.77. The minimum absolute atomic E-state index is 0.118. The average molecular weight is 582 g/mol. The third kappa shape index (κ3) is 4.39. The lowest BCUT2D eigenvalue weighted by atomic mass is 9.88. The lowest BCUT2D eigenvalue weighted by Gasteiger charge is -2.47. The molecule has 2 unspecified atom stereocenters. The predicted molar refractivity (Wildman–Crippen MR) is 155 cm³/mol. The SMILES string of the molecule is N#Cc1c(N)sc2c1C1(CN(c3nc(OCC4(CN5CCOCC5)CC4)nc(N4CC5CCC(C4)N5)n3)C1)SC2. The molecule has 2 atom stereocenters. The topological polar surface area (TPSA) is 129 Å². The van der Waals surface area contributed by atoms with Crippen molar-refractivity contribution < 1.29 is 9.47 Å². The number of rotatable bonds is 7. The van der Waals surface area contributed by atoms with Gasteiger partial charge >= 0.3 is 6.01 Å². The summed E-state index contributed by atoms with van der Waals surface area (Å²) < 4.78 is 11.8. The van der Waals surface area contributed by atoms with Crippen LogP contribution in [-0.4, -0.2) is 97.6 Å². The lowest BCUT2D eigenvalue weighted by molar-refractivity contribution is 0.0231. The van der Waals surface area contributed by atoms with E-state index in [9.17, 15) is 5.26 Å². The molecule has 5 aliphatic heterocycles. The number of nitrogens with one attached hydrogen (secondary N) is 1. The first-order valence-electron chi connectivity index (χ1n) is 14.4. The van der Waals surface area contributed by atoms with Crippen LogP contribution >= 0.6 is 23.1 Å². The smallest absolute Gasteiger partial charge is 0.323 e. The van der Waals surface area contributed by atoms with Gasteiger partial charge in [0.25, 0.3) is 0 Å². The molecule has 3 N–H and O–H groups in total. The van der Waals surface area contributed by atoms with Crippen LogP contribution in [0.2, 0.25) is 0 Å². The maximum atomic E-state index is 9.79. The van der Waals surface area contributed by atoms with Gasteiger partial charge in [0.05, 0.1) is 30.1 Å². The third-order valence-electron chi connectivity index (χ3n) is 9.45. The Bertz CT molecular complexity index is 1330. The minimum Gasteiger partial charge on any atom is -0.463 e. The van der Waals surface area contributed by atoms with Crippen LogP contribution in [0.25, 0.3) is 0 Å². The Hall–Kier alpha value is -2.37. The molecule has 13 heteroatoms. The zero-order valence-corrected chi connectivity index (χ0v) is 24.2. The summed E-state index contributed by atoms with van der Waals surface area (Å²) in [5.74, 6) is 2.30. The van der Waals surface area contributed by atoms with E-state index in [1.807, 2.05) is 11.8 Å². The van der Waals surface area contributed by atoms with Gasteiger partial charge in [-0.05, 0) is 25.7 Å². The van der Waals surface area contributed by atoms with E-state index in [1.54, 1.807) is 11.3 Å². The van der Waals surface area contributed by atoms with Gasteiger partial charge in [-0.25, -0.2) is 0 Å². The summed E-state index contributed by atoms with van der Waals surface area (Å²) in [6.45, 7) is 8.61. The summed E-state index contributed by atoms with van der Waals surface area (Å²) >= 11 is 3.48. The predicted octanol–water partition coefficient (Wildman–Crippen LogP) is 1.78. The number of aromatic nitrogens is 3. The molecule has 1 saturated carbocycles. The second-order valence-electron chi connectivity index (χ2n) is 12.3. The molecule has 212 valence electrons. The van der Waals surface area contributed by atoms with Crippen molar-refractivity contribution >= 4 is 40.0 Å². The summed E-state index contributed by atoms with van der Waals surface area (Å²) in [6.07, 6.45) is 4.75. The van der Waals surface area contributed by atoms with Gasteiger partial charge in [0.2, 0.25) is 11.9 Å². The highest BCUT2D eigenvalue weighted by Gasteiger charge is 2.53. The fourth-order valence-corrected chi connectivity index (χ4v) is 9.86. The number of fused-ring (bicyclic) bond motifs is 4. The molecule has 8 rings (SSSR count). The summed E-state index contributed by atoms with van der Waals surface area (Å²) in [4.78, 5) is 23.0. The highest BCUT2D eigenvalue weighted by Crippen LogP contribution is 2.57. The molecule has 1 aliphatic carbocycles. The highest BCUT2D eigenvalue weighted by atomic mass is 32.2. The minimum atomic E-state index is -0.118. The maximum absolute atomic E-state index is 9.79. The van der Waals surface area contributed by atoms with Crippen molar-refractivity contribution in [3.05, 3.63) is 16.0 Å². The Morgan fingerprint density at radius 1 is 1.07 bits per heavy atom. The van der Waals surface area contributed by atoms with Crippen molar-refractivity contribution in [1.29, 1.82) is 5.26 Å². The molecule has 7 heterocycles. The molecule has 5 fully saturated rings. The molecular weight excluding hydrogens is 546 g/mol. The molecule has 0 amide bonds. The maximum Gasteiger partial charge on any atom is 0.323 e. The van der Waals surface area contributed by atoms with Crippen LogP contribution in [0.3, 0.4) is 0 Å². The molecule has 2 aromatic rings. The van der Waals surface area contributed by atoms with Gasteiger partial charge in [0.15, 0.2) is 0 Å². The van der Waals surface area contributed by atoms with Crippen molar-refractivity contribution in [3.63, 3.8) is 0 Å². The van der Waals surface area contributed by atoms with Gasteiger partial charge < -0.3 is 30.3 Å². The molecule has 1 spiro atoms. The zero-order chi connectivity index (χ0) is 26.9. The van der Waals surface area contributed by atoms with Gasteiger partial charge in [-0.15, -0.1) is 23.1 Å². The number of anilines is 3. The molecule has 4 saturated heterocycles. The number of thioether (sulfide) groups is 1. The fraction of sp³-hybridized carbons (Fsp3) is 0.704. The molecule has 2 bridgehead atoms. The van der Waals surface area contributed by atoms with Crippen LogP contribution in [0, 0.1) is 16.7 Å². The number of hydrogen-bond acceptors (Lipinski definition) is 13. The number of thiophene rings is 1. The first kappa shape index (κ1) is 25.3. The van der Waals surface area contributed by atoms with Crippen LogP contribution in [-0.2, 0) is 15.2 Å². The molecule has 6 aliphatic rings. The average Bonchev–Trinajstić information content (AvgIpc) is 3.32. The molecule has 0 radical (unpaired) electrons. The Labute approximate surface area is 242 Å². The normalized spacial score (nSPS) is 27.9. The van der Waals surface area contributed by atoms with Crippen LogP contribution in [0.4, 0.5) is 16.9 Å². The monoisotopic (exact) mass is 581 g/mol. The van der Waals surface area contributed by atoms with Crippen LogP contribution in [0.1, 0.15) is 41.7 Å². The van der Waals surface area contributed by atoms with Crippen LogP contribution in [0.15, 0.2) is 0 Å². The van der Waals surface area contributed by atoms with E-state index in [1.165, 1.54) is 30.6 Å². The molecule has 0 aromatic carbocycles. The van der Waals surface area contributed by atoms with Gasteiger partial charge in [0.1, 0.15) is 11.1 Å². The molecule has 2 aromatic heterocycles. The number of morpholine rings is 1. The number of piperazine rings is 1. The number of nitrogens with two attached hydrogens (primary N) is 1. The second kappa shape index (κ2) is 9.59. The lowest BCUT2D eigenvalue weighted by Crippen LogP contribution is -2.57. The van der Waals surface area contributed by atoms with E-state index in [0.717, 1.165) is 76.3 Å². The van der Waals surface area contributed by atoms with Crippen molar-refractivity contribution in [2.24, 2.45) is 5.41 Å². The van der Waals surface area contributed by atoms with Crippen molar-refractivity contribution in [3.8, 4) is 12.1 Å². The van der Waals surface area contributed by atoms with E-state index in [4.69, 9.17) is 30.2 Å². The molecular formula is C27H35N9O2S2. The summed E-state index contributed by atoms with van der Waals surface area (Å²) in [5, 5.41) is 14.1. The Morgan fingerprint density at radius 3 is 2.50 bits per heavy atom. The molecule has 11 nitrogen and oxygen atoms in total. The number of nitrogen functional groups attached to an aromatic ring is 1. The summed E-state index contributed by atoms with van der Waals surface area (Å²) in [7, 11) is 0. The quantitative estimate of drug-likeness (QED) is 0.495. The van der Waals surface area contributed by atoms with Crippen LogP contribution in [0.5, 0.6) is 6.01 Å². The first-order valence-corrected chi connectivity index (χ1v) is 16.2. The first-order chi connectivity index (χ1) is 19.5. The standard InChI is InChI=1S/C27H35N9O2S2/c28-9-19-21-20(40-22(19)29)12-39-27(21)14-36(15-27)24-31-23(35-10-17-1-2-18(11-35)30-17)32-25(33-24)38-16-26(3-4-26)13-34-5-7-37-8-6-34/h17-18,30H,1-8,10-16,29H2. The molecule has 40 heavy (non-hydrogen) atoms. The fourth-order valence-electron chi connectivity index (χ4n) is 7.05. The van der Waals surface area contributed by atoms with E-state index in [0.29, 0.717) is 41.2 Å². The Kier molecular flexibility index (Phi) is 6.08. The van der Waals surface area contributed by atoms with Gasteiger partial charge in [-0.2, -0.15) is 20.2 Å². The van der Waals surface area contributed by atoms with E-state index in [2.05, 4.69) is 26.1 Å². The number of hydrogen-bond donors (Lipinski definition) is 2. The van der Waals surface area contributed by atoms with Crippen molar-refractivity contribution in [1.82, 2.24) is 25.2 Å². The van der Waals surface area contributed by atoms with Gasteiger partial charge in [0, 0.05) is 79.5 Å². The Balaban J connectivity index is 1.03. The second-order valence-corrected chi connectivity index (χ2v) is 14.8. The van der Waals surface area contributed by atoms with Gasteiger partial charge in [-0.1, -0.05) is 0 Å². The number of ether oxygens (including phenoxy) is 2.